The number of aryl methyl sites for hydroxylation is 1. The predicted octanol–water partition coefficient (Wildman–Crippen LogP) is 2.71. The number of likely N-dealkylation sites (tertiary alicyclic amines) is 1. The molecule has 0 unspecified atom stereocenters. The lowest BCUT2D eigenvalue weighted by atomic mass is 10.1. The average Bonchev–Trinajstić information content (AvgIpc) is 3.10. The number of aromatic nitrogens is 2. The highest BCUT2D eigenvalue weighted by atomic mass is 19.1. The van der Waals surface area contributed by atoms with Crippen LogP contribution >= 0.6 is 0 Å². The molecule has 1 aromatic heterocycles. The highest BCUT2D eigenvalue weighted by Gasteiger charge is 2.31. The minimum Gasteiger partial charge on any atom is -0.484 e. The van der Waals surface area contributed by atoms with E-state index in [0.29, 0.717) is 18.1 Å². The first-order chi connectivity index (χ1) is 12.1. The number of ether oxygens (including phenoxy) is 1. The molecule has 1 aromatic carbocycles. The standard InChI is InChI=1S/C18H21FN4O2/c1-12-21-15(10-17(20-2)22-12)16-4-3-9-23(16)18(24)11-25-14-7-5-13(19)6-8-14/h5-8,10,16H,3-4,9,11H2,1-2H3,(H,20,21,22)/t16-/m0/s1. The van der Waals surface area contributed by atoms with Gasteiger partial charge in [-0.15, -0.1) is 0 Å². The van der Waals surface area contributed by atoms with Crippen molar-refractivity contribution >= 4 is 11.7 Å². The van der Waals surface area contributed by atoms with Crippen molar-refractivity contribution in [1.29, 1.82) is 0 Å². The average molecular weight is 344 g/mol. The Labute approximate surface area is 146 Å². The van der Waals surface area contributed by atoms with Crippen LogP contribution in [0.5, 0.6) is 5.75 Å². The molecule has 0 saturated carbocycles. The normalized spacial score (nSPS) is 16.8. The number of nitrogens with one attached hydrogen (secondary N) is 1. The summed E-state index contributed by atoms with van der Waals surface area (Å²) in [5, 5.41) is 3.02. The topological polar surface area (TPSA) is 67.4 Å². The van der Waals surface area contributed by atoms with Gasteiger partial charge in [-0.1, -0.05) is 0 Å². The van der Waals surface area contributed by atoms with Crippen LogP contribution in [0.15, 0.2) is 30.3 Å². The van der Waals surface area contributed by atoms with Crippen LogP contribution in [0.25, 0.3) is 0 Å². The first-order valence-electron chi connectivity index (χ1n) is 8.28. The van der Waals surface area contributed by atoms with Crippen LogP contribution in [0.4, 0.5) is 10.2 Å². The van der Waals surface area contributed by atoms with E-state index < -0.39 is 0 Å². The van der Waals surface area contributed by atoms with Gasteiger partial charge in [0.05, 0.1) is 11.7 Å². The summed E-state index contributed by atoms with van der Waals surface area (Å²) in [4.78, 5) is 23.2. The van der Waals surface area contributed by atoms with E-state index in [2.05, 4.69) is 15.3 Å². The van der Waals surface area contributed by atoms with Gasteiger partial charge in [0.25, 0.3) is 5.91 Å². The van der Waals surface area contributed by atoms with Crippen molar-refractivity contribution in [3.8, 4) is 5.75 Å². The molecule has 1 aliphatic rings. The van der Waals surface area contributed by atoms with Gasteiger partial charge in [-0.25, -0.2) is 14.4 Å². The van der Waals surface area contributed by atoms with Gasteiger partial charge >= 0.3 is 0 Å². The van der Waals surface area contributed by atoms with Crippen molar-refractivity contribution in [1.82, 2.24) is 14.9 Å². The third-order valence-electron chi connectivity index (χ3n) is 4.20. The Morgan fingerprint density at radius 3 is 2.84 bits per heavy atom. The summed E-state index contributed by atoms with van der Waals surface area (Å²) in [6, 6.07) is 7.44. The highest BCUT2D eigenvalue weighted by molar-refractivity contribution is 5.78. The van der Waals surface area contributed by atoms with Crippen LogP contribution in [-0.4, -0.2) is 41.0 Å². The molecular formula is C18H21FN4O2. The van der Waals surface area contributed by atoms with Crippen LogP contribution in [0.3, 0.4) is 0 Å². The lowest BCUT2D eigenvalue weighted by Crippen LogP contribution is -2.35. The van der Waals surface area contributed by atoms with Crippen LogP contribution in [-0.2, 0) is 4.79 Å². The number of hydrogen-bond donors (Lipinski definition) is 1. The fourth-order valence-corrected chi connectivity index (χ4v) is 3.02. The van der Waals surface area contributed by atoms with Crippen molar-refractivity contribution < 1.29 is 13.9 Å². The lowest BCUT2D eigenvalue weighted by Gasteiger charge is -2.24. The Bertz CT molecular complexity index is 751. The zero-order chi connectivity index (χ0) is 17.8. The number of carbonyl (C=O) groups is 1. The van der Waals surface area contributed by atoms with E-state index in [0.717, 1.165) is 24.4 Å². The van der Waals surface area contributed by atoms with Crippen molar-refractivity contribution in [3.05, 3.63) is 47.7 Å². The SMILES string of the molecule is CNc1cc([C@@H]2CCCN2C(=O)COc2ccc(F)cc2)nc(C)n1. The van der Waals surface area contributed by atoms with E-state index in [-0.39, 0.29) is 24.4 Å². The molecule has 132 valence electrons. The Kier molecular flexibility index (Phi) is 5.11. The fraction of sp³-hybridized carbons (Fsp3) is 0.389. The second-order valence-corrected chi connectivity index (χ2v) is 5.96. The molecule has 0 spiro atoms. The summed E-state index contributed by atoms with van der Waals surface area (Å²) in [6.45, 7) is 2.43. The summed E-state index contributed by atoms with van der Waals surface area (Å²) in [6.07, 6.45) is 1.78. The number of halogens is 1. The van der Waals surface area contributed by atoms with Gasteiger partial charge in [-0.3, -0.25) is 4.79 Å². The number of rotatable bonds is 5. The van der Waals surface area contributed by atoms with E-state index in [4.69, 9.17) is 4.74 Å². The summed E-state index contributed by atoms with van der Waals surface area (Å²) >= 11 is 0. The zero-order valence-electron chi connectivity index (χ0n) is 14.3. The molecule has 25 heavy (non-hydrogen) atoms. The second kappa shape index (κ2) is 7.46. The van der Waals surface area contributed by atoms with Crippen LogP contribution in [0.2, 0.25) is 0 Å². The van der Waals surface area contributed by atoms with Gasteiger partial charge in [0.1, 0.15) is 23.2 Å². The third kappa shape index (κ3) is 4.04. The van der Waals surface area contributed by atoms with Gasteiger partial charge in [0.15, 0.2) is 6.61 Å². The number of nitrogens with zero attached hydrogens (tertiary/aromatic N) is 3. The minimum absolute atomic E-state index is 0.0712. The molecular weight excluding hydrogens is 323 g/mol. The maximum absolute atomic E-state index is 12.9. The molecule has 2 heterocycles. The Morgan fingerprint density at radius 2 is 2.12 bits per heavy atom. The molecule has 1 aliphatic heterocycles. The molecule has 0 bridgehead atoms. The maximum Gasteiger partial charge on any atom is 0.261 e. The number of hydrogen-bond acceptors (Lipinski definition) is 5. The molecule has 1 atom stereocenters. The lowest BCUT2D eigenvalue weighted by molar-refractivity contribution is -0.134. The molecule has 0 radical (unpaired) electrons. The van der Waals surface area contributed by atoms with Crippen LogP contribution in [0, 0.1) is 12.7 Å². The maximum atomic E-state index is 12.9. The highest BCUT2D eigenvalue weighted by Crippen LogP contribution is 2.31. The molecule has 2 aromatic rings. The van der Waals surface area contributed by atoms with Crippen LogP contribution in [0.1, 0.15) is 30.4 Å². The number of carbonyl (C=O) groups excluding carboxylic acids is 1. The van der Waals surface area contributed by atoms with Crippen molar-refractivity contribution in [2.45, 2.75) is 25.8 Å². The third-order valence-corrected chi connectivity index (χ3v) is 4.20. The molecule has 1 amide bonds. The van der Waals surface area contributed by atoms with Gasteiger partial charge in [-0.05, 0) is 44.0 Å². The van der Waals surface area contributed by atoms with Gasteiger partial charge in [0.2, 0.25) is 0 Å². The summed E-state index contributed by atoms with van der Waals surface area (Å²) in [5.74, 6) is 1.45. The number of amides is 1. The zero-order valence-corrected chi connectivity index (χ0v) is 14.3. The summed E-state index contributed by atoms with van der Waals surface area (Å²) < 4.78 is 18.4. The second-order valence-electron chi connectivity index (χ2n) is 5.96. The largest absolute Gasteiger partial charge is 0.484 e. The van der Waals surface area contributed by atoms with Gasteiger partial charge < -0.3 is 15.0 Å². The number of benzene rings is 1. The summed E-state index contributed by atoms with van der Waals surface area (Å²) in [7, 11) is 1.81. The Morgan fingerprint density at radius 1 is 1.36 bits per heavy atom. The fourth-order valence-electron chi connectivity index (χ4n) is 3.02. The number of anilines is 1. The van der Waals surface area contributed by atoms with E-state index in [1.165, 1.54) is 24.3 Å². The molecule has 6 nitrogen and oxygen atoms in total. The first kappa shape index (κ1) is 17.1. The minimum atomic E-state index is -0.335. The van der Waals surface area contributed by atoms with Gasteiger partial charge in [0, 0.05) is 19.7 Å². The molecule has 1 N–H and O–H groups in total. The quantitative estimate of drug-likeness (QED) is 0.903. The molecule has 3 rings (SSSR count). The monoisotopic (exact) mass is 344 g/mol. The van der Waals surface area contributed by atoms with Crippen molar-refractivity contribution in [2.24, 2.45) is 0 Å². The van der Waals surface area contributed by atoms with E-state index in [9.17, 15) is 9.18 Å². The van der Waals surface area contributed by atoms with E-state index >= 15 is 0 Å². The Hall–Kier alpha value is -2.70. The van der Waals surface area contributed by atoms with Crippen molar-refractivity contribution in [2.75, 3.05) is 25.5 Å². The van der Waals surface area contributed by atoms with Crippen molar-refractivity contribution in [3.63, 3.8) is 0 Å². The summed E-state index contributed by atoms with van der Waals surface area (Å²) in [5.41, 5.74) is 0.837. The van der Waals surface area contributed by atoms with E-state index in [1.54, 1.807) is 11.9 Å². The molecule has 0 aliphatic carbocycles. The first-order valence-corrected chi connectivity index (χ1v) is 8.28. The molecule has 1 fully saturated rings. The molecule has 7 heteroatoms. The Balaban J connectivity index is 1.69. The van der Waals surface area contributed by atoms with Gasteiger partial charge in [-0.2, -0.15) is 0 Å². The smallest absolute Gasteiger partial charge is 0.261 e. The molecule has 1 saturated heterocycles. The van der Waals surface area contributed by atoms with E-state index in [1.807, 2.05) is 13.0 Å². The predicted molar refractivity (Wildman–Crippen MR) is 91.9 cm³/mol. The van der Waals surface area contributed by atoms with Crippen LogP contribution < -0.4 is 10.1 Å².